The van der Waals surface area contributed by atoms with Crippen molar-refractivity contribution in [2.24, 2.45) is 0 Å². The Morgan fingerprint density at radius 2 is 1.78 bits per heavy atom. The van der Waals surface area contributed by atoms with Crippen LogP contribution in [0.2, 0.25) is 0 Å². The molecule has 1 aliphatic rings. The van der Waals surface area contributed by atoms with Crippen molar-refractivity contribution in [2.45, 2.75) is 5.92 Å². The topological polar surface area (TPSA) is 97.5 Å². The molecule has 1 aliphatic carbocycles. The molecule has 1 atom stereocenters. The summed E-state index contributed by atoms with van der Waals surface area (Å²) in [6, 6.07) is 9.55. The molecule has 0 radical (unpaired) electrons. The van der Waals surface area contributed by atoms with Gasteiger partial charge in [0, 0.05) is 20.9 Å². The molecule has 1 aromatic heterocycles. The lowest BCUT2D eigenvalue weighted by atomic mass is 9.82. The van der Waals surface area contributed by atoms with E-state index in [1.807, 2.05) is 0 Å². The molecule has 7 heteroatoms. The van der Waals surface area contributed by atoms with Crippen LogP contribution in [0.15, 0.2) is 47.4 Å². The van der Waals surface area contributed by atoms with Gasteiger partial charge in [-0.05, 0) is 11.4 Å². The molecule has 0 saturated heterocycles. The number of thiophene rings is 1. The summed E-state index contributed by atoms with van der Waals surface area (Å²) in [7, 11) is 0. The number of aliphatic hydroxyl groups excluding tert-OH is 1. The Kier molecular flexibility index (Phi) is 3.79. The summed E-state index contributed by atoms with van der Waals surface area (Å²) < 4.78 is 0. The van der Waals surface area contributed by atoms with Crippen LogP contribution in [0.4, 0.5) is 0 Å². The third kappa shape index (κ3) is 2.55. The Morgan fingerprint density at radius 3 is 2.39 bits per heavy atom. The highest BCUT2D eigenvalue weighted by molar-refractivity contribution is 7.10. The molecule has 0 fully saturated rings. The van der Waals surface area contributed by atoms with E-state index in [1.54, 1.807) is 29.6 Å². The van der Waals surface area contributed by atoms with Crippen molar-refractivity contribution in [3.8, 4) is 0 Å². The Labute approximate surface area is 134 Å². The van der Waals surface area contributed by atoms with Crippen molar-refractivity contribution in [3.05, 3.63) is 73.5 Å². The minimum absolute atomic E-state index is 0.116. The van der Waals surface area contributed by atoms with Crippen LogP contribution in [0.25, 0.3) is 5.76 Å². The number of carbonyl (C=O) groups is 2. The largest absolute Gasteiger partial charge is 0.507 e. The fourth-order valence-electron chi connectivity index (χ4n) is 2.67. The molecule has 1 aromatic carbocycles. The molecule has 2 aromatic rings. The molecule has 23 heavy (non-hydrogen) atoms. The first-order valence-corrected chi connectivity index (χ1v) is 7.65. The predicted octanol–water partition coefficient (Wildman–Crippen LogP) is 2.84. The minimum atomic E-state index is -0.949. The maximum Gasteiger partial charge on any atom is 0.234 e. The van der Waals surface area contributed by atoms with Crippen LogP contribution < -0.4 is 0 Å². The Balaban J connectivity index is 2.21. The zero-order valence-corrected chi connectivity index (χ0v) is 12.6. The van der Waals surface area contributed by atoms with E-state index in [4.69, 9.17) is 0 Å². The van der Waals surface area contributed by atoms with Gasteiger partial charge >= 0.3 is 0 Å². The maximum absolute atomic E-state index is 12.4. The normalized spacial score (nSPS) is 15.5. The molecular weight excluding hydrogens is 318 g/mol. The van der Waals surface area contributed by atoms with E-state index in [1.165, 1.54) is 23.5 Å². The summed E-state index contributed by atoms with van der Waals surface area (Å²) in [5.74, 6) is -2.94. The smallest absolute Gasteiger partial charge is 0.234 e. The van der Waals surface area contributed by atoms with Crippen molar-refractivity contribution < 1.29 is 19.6 Å². The average Bonchev–Trinajstić information content (AvgIpc) is 3.06. The van der Waals surface area contributed by atoms with E-state index in [0.29, 0.717) is 4.88 Å². The average molecular weight is 329 g/mol. The highest BCUT2D eigenvalue weighted by atomic mass is 32.1. The van der Waals surface area contributed by atoms with Crippen LogP contribution in [-0.4, -0.2) is 28.1 Å². The molecule has 1 N–H and O–H groups in total. The van der Waals surface area contributed by atoms with Gasteiger partial charge in [-0.3, -0.25) is 19.7 Å². The Bertz CT molecular complexity index is 838. The third-order valence-electron chi connectivity index (χ3n) is 3.70. The number of nitro groups is 1. The lowest BCUT2D eigenvalue weighted by Gasteiger charge is -2.21. The van der Waals surface area contributed by atoms with Gasteiger partial charge in [-0.25, -0.2) is 0 Å². The Morgan fingerprint density at radius 1 is 1.09 bits per heavy atom. The Hall–Kier alpha value is -2.80. The molecular formula is C16H11NO5S. The molecule has 0 bridgehead atoms. The van der Waals surface area contributed by atoms with Gasteiger partial charge in [-0.15, -0.1) is 11.3 Å². The summed E-state index contributed by atoms with van der Waals surface area (Å²) in [6.45, 7) is -0.568. The molecule has 3 rings (SSSR count). The number of fused-ring (bicyclic) bond motifs is 1. The molecule has 6 nitrogen and oxygen atoms in total. The number of hydrogen-bond donors (Lipinski definition) is 1. The van der Waals surface area contributed by atoms with Crippen LogP contribution in [-0.2, 0) is 4.79 Å². The summed E-state index contributed by atoms with van der Waals surface area (Å²) >= 11 is 1.24. The number of carbonyl (C=O) groups excluding carboxylic acids is 2. The van der Waals surface area contributed by atoms with Gasteiger partial charge in [0.1, 0.15) is 5.76 Å². The number of nitrogens with zero attached hydrogens (tertiary/aromatic N) is 1. The lowest BCUT2D eigenvalue weighted by Crippen LogP contribution is -2.29. The van der Waals surface area contributed by atoms with Crippen LogP contribution in [0.5, 0.6) is 0 Å². The first kappa shape index (κ1) is 15.1. The zero-order valence-electron chi connectivity index (χ0n) is 11.8. The summed E-state index contributed by atoms with van der Waals surface area (Å²) in [5.41, 5.74) is 0.148. The third-order valence-corrected chi connectivity index (χ3v) is 4.69. The van der Waals surface area contributed by atoms with Crippen molar-refractivity contribution in [2.75, 3.05) is 6.54 Å². The first-order valence-electron chi connectivity index (χ1n) is 6.77. The predicted molar refractivity (Wildman–Crippen MR) is 84.2 cm³/mol. The second-order valence-electron chi connectivity index (χ2n) is 5.05. The fourth-order valence-corrected chi connectivity index (χ4v) is 3.50. The van der Waals surface area contributed by atoms with Crippen molar-refractivity contribution in [3.63, 3.8) is 0 Å². The van der Waals surface area contributed by atoms with E-state index in [2.05, 4.69) is 0 Å². The highest BCUT2D eigenvalue weighted by Gasteiger charge is 2.39. The van der Waals surface area contributed by atoms with E-state index in [-0.39, 0.29) is 22.5 Å². The second-order valence-corrected chi connectivity index (χ2v) is 6.03. The number of ketones is 2. The molecule has 0 spiro atoms. The van der Waals surface area contributed by atoms with Gasteiger partial charge in [0.2, 0.25) is 18.1 Å². The number of Topliss-reactive ketones (excluding diaryl/α,β-unsaturated/α-hetero) is 2. The van der Waals surface area contributed by atoms with Gasteiger partial charge in [-0.2, -0.15) is 0 Å². The van der Waals surface area contributed by atoms with Crippen LogP contribution in [0, 0.1) is 10.1 Å². The maximum atomic E-state index is 12.4. The summed E-state index contributed by atoms with van der Waals surface area (Å²) in [5, 5.41) is 23.2. The zero-order chi connectivity index (χ0) is 16.6. The number of benzene rings is 1. The van der Waals surface area contributed by atoms with E-state index in [0.717, 1.165) is 0 Å². The van der Waals surface area contributed by atoms with Gasteiger partial charge in [-0.1, -0.05) is 30.3 Å². The number of rotatable bonds is 4. The second kappa shape index (κ2) is 5.77. The van der Waals surface area contributed by atoms with E-state index >= 15 is 0 Å². The highest BCUT2D eigenvalue weighted by Crippen LogP contribution is 2.37. The molecule has 1 unspecified atom stereocenters. The van der Waals surface area contributed by atoms with Gasteiger partial charge in [0.15, 0.2) is 0 Å². The van der Waals surface area contributed by atoms with Gasteiger partial charge in [0.05, 0.1) is 11.5 Å². The molecule has 0 aliphatic heterocycles. The summed E-state index contributed by atoms with van der Waals surface area (Å²) in [6.07, 6.45) is 0. The quantitative estimate of drug-likeness (QED) is 0.528. The molecule has 116 valence electrons. The monoisotopic (exact) mass is 329 g/mol. The number of aliphatic hydroxyl groups is 1. The van der Waals surface area contributed by atoms with E-state index < -0.39 is 29.0 Å². The van der Waals surface area contributed by atoms with Gasteiger partial charge < -0.3 is 5.11 Å². The number of hydrogen-bond acceptors (Lipinski definition) is 6. The van der Waals surface area contributed by atoms with Crippen LogP contribution in [0.1, 0.15) is 26.7 Å². The standard InChI is InChI=1S/C16H11NO5S/c18-14-9-4-1-2-5-10(9)15(19)16(20)13(14)11(8-17(21)22)12-6-3-7-23-12/h1-7,11,18H,8H2. The van der Waals surface area contributed by atoms with E-state index in [9.17, 15) is 24.8 Å². The van der Waals surface area contributed by atoms with Crippen LogP contribution in [0.3, 0.4) is 0 Å². The summed E-state index contributed by atoms with van der Waals surface area (Å²) in [4.78, 5) is 35.7. The molecule has 1 heterocycles. The fraction of sp³-hybridized carbons (Fsp3) is 0.125. The first-order chi connectivity index (χ1) is 11.0. The molecule has 0 saturated carbocycles. The minimum Gasteiger partial charge on any atom is -0.507 e. The van der Waals surface area contributed by atoms with Crippen molar-refractivity contribution in [1.82, 2.24) is 0 Å². The molecule has 0 amide bonds. The SMILES string of the molecule is O=C1C(=O)c2ccccc2C(O)=C1C(C[N+](=O)[O-])c1cccs1. The van der Waals surface area contributed by atoms with Crippen molar-refractivity contribution in [1.29, 1.82) is 0 Å². The lowest BCUT2D eigenvalue weighted by molar-refractivity contribution is -0.481. The van der Waals surface area contributed by atoms with Crippen molar-refractivity contribution >= 4 is 28.7 Å². The van der Waals surface area contributed by atoms with Crippen LogP contribution >= 0.6 is 11.3 Å². The van der Waals surface area contributed by atoms with Gasteiger partial charge in [0.25, 0.3) is 0 Å².